The van der Waals surface area contributed by atoms with Crippen LogP contribution in [0.1, 0.15) is 23.0 Å². The zero-order chi connectivity index (χ0) is 11.7. The molecular weight excluding hydrogens is 324 g/mol. The lowest BCUT2D eigenvalue weighted by Crippen LogP contribution is -2.48. The van der Waals surface area contributed by atoms with Gasteiger partial charge in [-0.05, 0) is 39.7 Å². The lowest BCUT2D eigenvalue weighted by molar-refractivity contribution is 0.0668. The maximum Gasteiger partial charge on any atom is 0.265 e. The molecule has 0 bridgehead atoms. The molecule has 0 saturated carbocycles. The van der Waals surface area contributed by atoms with Gasteiger partial charge in [0.2, 0.25) is 0 Å². The highest BCUT2D eigenvalue weighted by atomic mass is 79.9. The minimum Gasteiger partial charge on any atom is -0.338 e. The lowest BCUT2D eigenvalue weighted by Gasteiger charge is -2.34. The van der Waals surface area contributed by atoms with Crippen molar-refractivity contribution in [3.05, 3.63) is 20.8 Å². The maximum atomic E-state index is 12.2. The van der Waals surface area contributed by atoms with Gasteiger partial charge in [-0.15, -0.1) is 23.7 Å². The third-order valence-electron chi connectivity index (χ3n) is 3.07. The van der Waals surface area contributed by atoms with E-state index in [-0.39, 0.29) is 24.4 Å². The van der Waals surface area contributed by atoms with Gasteiger partial charge in [-0.25, -0.2) is 0 Å². The molecule has 0 radical (unpaired) electrons. The van der Waals surface area contributed by atoms with Crippen LogP contribution >= 0.6 is 39.7 Å². The minimum absolute atomic E-state index is 0. The normalized spacial score (nSPS) is 24.3. The zero-order valence-electron chi connectivity index (χ0n) is 9.56. The van der Waals surface area contributed by atoms with Crippen LogP contribution in [0.5, 0.6) is 0 Å². The van der Waals surface area contributed by atoms with Gasteiger partial charge < -0.3 is 10.6 Å². The summed E-state index contributed by atoms with van der Waals surface area (Å²) in [5, 5.41) is 1.93. The van der Waals surface area contributed by atoms with E-state index in [1.165, 1.54) is 11.3 Å². The molecule has 17 heavy (non-hydrogen) atoms. The monoisotopic (exact) mass is 338 g/mol. The summed E-state index contributed by atoms with van der Waals surface area (Å²) in [6, 6.07) is 2.15. The van der Waals surface area contributed by atoms with E-state index >= 15 is 0 Å². The molecule has 2 rings (SSSR count). The third-order valence-corrected chi connectivity index (χ3v) is 4.90. The summed E-state index contributed by atoms with van der Waals surface area (Å²) in [4.78, 5) is 14.9. The van der Waals surface area contributed by atoms with Crippen molar-refractivity contribution in [2.45, 2.75) is 19.4 Å². The van der Waals surface area contributed by atoms with Crippen molar-refractivity contribution in [2.75, 3.05) is 13.1 Å². The first-order chi connectivity index (χ1) is 7.59. The van der Waals surface area contributed by atoms with Gasteiger partial charge in [0.1, 0.15) is 4.88 Å². The molecule has 0 aromatic carbocycles. The Hall–Kier alpha value is -0.100. The van der Waals surface area contributed by atoms with Crippen LogP contribution < -0.4 is 5.73 Å². The smallest absolute Gasteiger partial charge is 0.265 e. The summed E-state index contributed by atoms with van der Waals surface area (Å²) in [5.41, 5.74) is 5.94. The second-order valence-electron chi connectivity index (χ2n) is 4.28. The van der Waals surface area contributed by atoms with Gasteiger partial charge in [0, 0.05) is 23.6 Å². The third kappa shape index (κ3) is 3.22. The van der Waals surface area contributed by atoms with Gasteiger partial charge in [-0.1, -0.05) is 6.92 Å². The van der Waals surface area contributed by atoms with E-state index in [4.69, 9.17) is 5.73 Å². The largest absolute Gasteiger partial charge is 0.338 e. The minimum atomic E-state index is 0. The SMILES string of the molecule is CC1CN(C(=O)c2sccc2Br)CCC1N.Cl. The number of halogens is 2. The molecule has 0 spiro atoms. The first kappa shape index (κ1) is 15.0. The summed E-state index contributed by atoms with van der Waals surface area (Å²) in [5.74, 6) is 0.511. The number of amides is 1. The summed E-state index contributed by atoms with van der Waals surface area (Å²) in [7, 11) is 0. The predicted octanol–water partition coefficient (Wildman–Crippen LogP) is 2.74. The highest BCUT2D eigenvalue weighted by molar-refractivity contribution is 9.10. The predicted molar refractivity (Wildman–Crippen MR) is 76.9 cm³/mol. The molecule has 1 aliphatic rings. The van der Waals surface area contributed by atoms with Crippen LogP contribution in [0.15, 0.2) is 15.9 Å². The summed E-state index contributed by atoms with van der Waals surface area (Å²) >= 11 is 4.88. The van der Waals surface area contributed by atoms with E-state index in [1.54, 1.807) is 0 Å². The number of hydrogen-bond acceptors (Lipinski definition) is 3. The van der Waals surface area contributed by atoms with E-state index in [0.29, 0.717) is 5.92 Å². The lowest BCUT2D eigenvalue weighted by atomic mass is 9.95. The van der Waals surface area contributed by atoms with Crippen LogP contribution in [-0.4, -0.2) is 29.9 Å². The average molecular weight is 340 g/mol. The fourth-order valence-corrected chi connectivity index (χ4v) is 3.45. The molecule has 1 fully saturated rings. The molecule has 2 atom stereocenters. The molecular formula is C11H16BrClN2OS. The summed E-state index contributed by atoms with van der Waals surface area (Å²) in [6.07, 6.45) is 0.899. The molecule has 2 unspecified atom stereocenters. The molecule has 1 amide bonds. The van der Waals surface area contributed by atoms with Gasteiger partial charge in [0.25, 0.3) is 5.91 Å². The van der Waals surface area contributed by atoms with Gasteiger partial charge in [-0.2, -0.15) is 0 Å². The van der Waals surface area contributed by atoms with Gasteiger partial charge in [0.15, 0.2) is 0 Å². The Bertz CT molecular complexity index is 399. The average Bonchev–Trinajstić information content (AvgIpc) is 2.67. The Morgan fingerprint density at radius 2 is 2.35 bits per heavy atom. The van der Waals surface area contributed by atoms with Crippen LogP contribution in [0.4, 0.5) is 0 Å². The molecule has 1 aromatic rings. The number of nitrogens with two attached hydrogens (primary N) is 1. The zero-order valence-corrected chi connectivity index (χ0v) is 12.8. The Labute approximate surface area is 120 Å². The number of carbonyl (C=O) groups excluding carboxylic acids is 1. The molecule has 2 heterocycles. The Balaban J connectivity index is 0.00000144. The quantitative estimate of drug-likeness (QED) is 0.855. The fraction of sp³-hybridized carbons (Fsp3) is 0.545. The van der Waals surface area contributed by atoms with E-state index in [1.807, 2.05) is 16.3 Å². The maximum absolute atomic E-state index is 12.2. The summed E-state index contributed by atoms with van der Waals surface area (Å²) < 4.78 is 0.894. The van der Waals surface area contributed by atoms with Crippen LogP contribution in [0.3, 0.4) is 0 Å². The number of nitrogens with zero attached hydrogens (tertiary/aromatic N) is 1. The van der Waals surface area contributed by atoms with Crippen LogP contribution in [0.2, 0.25) is 0 Å². The number of hydrogen-bond donors (Lipinski definition) is 1. The van der Waals surface area contributed by atoms with E-state index in [2.05, 4.69) is 22.9 Å². The number of carbonyl (C=O) groups is 1. The molecule has 6 heteroatoms. The number of rotatable bonds is 1. The molecule has 1 saturated heterocycles. The van der Waals surface area contributed by atoms with E-state index < -0.39 is 0 Å². The number of likely N-dealkylation sites (tertiary alicyclic amines) is 1. The van der Waals surface area contributed by atoms with E-state index in [0.717, 1.165) is 28.9 Å². The number of thiophene rings is 1. The molecule has 2 N–H and O–H groups in total. The Kier molecular flexibility index (Phi) is 5.44. The van der Waals surface area contributed by atoms with Gasteiger partial charge in [0.05, 0.1) is 0 Å². The Morgan fingerprint density at radius 1 is 1.65 bits per heavy atom. The molecule has 0 aliphatic carbocycles. The van der Waals surface area contributed by atoms with Crippen molar-refractivity contribution in [3.8, 4) is 0 Å². The van der Waals surface area contributed by atoms with Crippen molar-refractivity contribution in [1.29, 1.82) is 0 Å². The van der Waals surface area contributed by atoms with Crippen LogP contribution in [0, 0.1) is 5.92 Å². The molecule has 1 aromatic heterocycles. The second-order valence-corrected chi connectivity index (χ2v) is 6.05. The van der Waals surface area contributed by atoms with Crippen molar-refractivity contribution >= 4 is 45.6 Å². The van der Waals surface area contributed by atoms with Crippen LogP contribution in [0.25, 0.3) is 0 Å². The van der Waals surface area contributed by atoms with Gasteiger partial charge >= 0.3 is 0 Å². The fourth-order valence-electron chi connectivity index (χ4n) is 1.94. The molecule has 1 aliphatic heterocycles. The second kappa shape index (κ2) is 6.18. The summed E-state index contributed by atoms with van der Waals surface area (Å²) in [6.45, 7) is 3.65. The van der Waals surface area contributed by atoms with Crippen molar-refractivity contribution in [1.82, 2.24) is 4.90 Å². The van der Waals surface area contributed by atoms with E-state index in [9.17, 15) is 4.79 Å². The molecule has 3 nitrogen and oxygen atoms in total. The highest BCUT2D eigenvalue weighted by Crippen LogP contribution is 2.26. The molecule has 96 valence electrons. The first-order valence-corrected chi connectivity index (χ1v) is 7.04. The van der Waals surface area contributed by atoms with Crippen molar-refractivity contribution in [2.24, 2.45) is 11.7 Å². The highest BCUT2D eigenvalue weighted by Gasteiger charge is 2.28. The Morgan fingerprint density at radius 3 is 2.88 bits per heavy atom. The standard InChI is InChI=1S/C11H15BrN2OS.ClH/c1-7-6-14(4-2-9(7)13)11(15)10-8(12)3-5-16-10;/h3,5,7,9H,2,4,6,13H2,1H3;1H. The van der Waals surface area contributed by atoms with Gasteiger partial charge in [-0.3, -0.25) is 4.79 Å². The first-order valence-electron chi connectivity index (χ1n) is 5.37. The van der Waals surface area contributed by atoms with Crippen molar-refractivity contribution < 1.29 is 4.79 Å². The number of piperidine rings is 1. The van der Waals surface area contributed by atoms with Crippen LogP contribution in [-0.2, 0) is 0 Å². The van der Waals surface area contributed by atoms with Crippen molar-refractivity contribution in [3.63, 3.8) is 0 Å². The topological polar surface area (TPSA) is 46.3 Å².